The monoisotopic (exact) mass is 783 g/mol. The van der Waals surface area contributed by atoms with E-state index in [2.05, 4.69) is 231 Å². The van der Waals surface area contributed by atoms with E-state index in [4.69, 9.17) is 0 Å². The molecule has 0 saturated heterocycles. The quantitative estimate of drug-likeness (QED) is 0.168. The number of rotatable bonds is 5. The molecule has 0 fully saturated rings. The van der Waals surface area contributed by atoms with Gasteiger partial charge in [-0.3, -0.25) is 0 Å². The molecule has 0 unspecified atom stereocenters. The lowest BCUT2D eigenvalue weighted by atomic mass is 9.55. The van der Waals surface area contributed by atoms with Crippen molar-refractivity contribution in [3.63, 3.8) is 0 Å². The molecule has 0 amide bonds. The van der Waals surface area contributed by atoms with Crippen molar-refractivity contribution in [2.45, 2.75) is 24.7 Å². The van der Waals surface area contributed by atoms with Crippen LogP contribution in [0.4, 0.5) is 17.1 Å². The summed E-state index contributed by atoms with van der Waals surface area (Å²) in [5, 5.41) is 2.62. The van der Waals surface area contributed by atoms with Crippen LogP contribution in [-0.2, 0) is 10.8 Å². The van der Waals surface area contributed by atoms with Crippen molar-refractivity contribution in [1.82, 2.24) is 0 Å². The Hall–Kier alpha value is -7.00. The van der Waals surface area contributed by atoms with Crippen molar-refractivity contribution in [3.05, 3.63) is 246 Å². The number of hydrogen-bond donors (Lipinski definition) is 0. The van der Waals surface area contributed by atoms with E-state index in [9.17, 15) is 0 Å². The first-order valence-electron chi connectivity index (χ1n) is 20.9. The fourth-order valence-electron chi connectivity index (χ4n) is 10.6. The Kier molecular flexibility index (Phi) is 7.73. The van der Waals surface area contributed by atoms with Gasteiger partial charge in [-0.25, -0.2) is 0 Å². The molecule has 12 rings (SSSR count). The van der Waals surface area contributed by atoms with Crippen LogP contribution in [0, 0.1) is 0 Å². The summed E-state index contributed by atoms with van der Waals surface area (Å²) >= 11 is 1.86. The summed E-state index contributed by atoms with van der Waals surface area (Å²) in [4.78, 5) is 2.40. The third-order valence-corrected chi connectivity index (χ3v) is 14.5. The van der Waals surface area contributed by atoms with Gasteiger partial charge in [0.05, 0.1) is 5.41 Å². The number of thiophene rings is 1. The molecule has 60 heavy (non-hydrogen) atoms. The van der Waals surface area contributed by atoms with E-state index in [1.165, 1.54) is 86.9 Å². The Morgan fingerprint density at radius 1 is 0.333 bits per heavy atom. The fraction of sp³-hybridized carbons (Fsp3) is 0.0690. The molecule has 9 aromatic carbocycles. The molecule has 10 aromatic rings. The summed E-state index contributed by atoms with van der Waals surface area (Å²) in [6, 6.07) is 79.1. The lowest BCUT2D eigenvalue weighted by Gasteiger charge is -2.46. The zero-order valence-electron chi connectivity index (χ0n) is 33.6. The minimum absolute atomic E-state index is 0.201. The largest absolute Gasteiger partial charge is 0.310 e. The molecule has 1 nitrogen and oxygen atoms in total. The van der Waals surface area contributed by atoms with Gasteiger partial charge in [0.1, 0.15) is 0 Å². The number of hydrogen-bond acceptors (Lipinski definition) is 2. The molecule has 0 radical (unpaired) electrons. The van der Waals surface area contributed by atoms with E-state index in [-0.39, 0.29) is 10.8 Å². The van der Waals surface area contributed by atoms with E-state index in [1.807, 2.05) is 11.3 Å². The van der Waals surface area contributed by atoms with Crippen molar-refractivity contribution in [2.75, 3.05) is 4.90 Å². The van der Waals surface area contributed by atoms with E-state index in [1.54, 1.807) is 0 Å². The molecule has 2 aliphatic carbocycles. The highest BCUT2D eigenvalue weighted by Gasteiger charge is 2.53. The van der Waals surface area contributed by atoms with Crippen LogP contribution in [0.3, 0.4) is 0 Å². The van der Waals surface area contributed by atoms with Gasteiger partial charge in [-0.15, -0.1) is 11.3 Å². The van der Waals surface area contributed by atoms with Crippen LogP contribution in [0.25, 0.3) is 53.6 Å². The fourth-order valence-corrected chi connectivity index (χ4v) is 11.7. The maximum atomic E-state index is 2.49. The van der Waals surface area contributed by atoms with E-state index in [0.717, 1.165) is 17.1 Å². The van der Waals surface area contributed by atoms with Gasteiger partial charge >= 0.3 is 0 Å². The normalized spacial score (nSPS) is 14.1. The third kappa shape index (κ3) is 5.04. The van der Waals surface area contributed by atoms with Crippen molar-refractivity contribution in [2.24, 2.45) is 0 Å². The van der Waals surface area contributed by atoms with Gasteiger partial charge in [0, 0.05) is 42.6 Å². The number of anilines is 3. The van der Waals surface area contributed by atoms with Crippen LogP contribution in [0.1, 0.15) is 47.2 Å². The minimum Gasteiger partial charge on any atom is -0.310 e. The van der Waals surface area contributed by atoms with Crippen molar-refractivity contribution in [1.29, 1.82) is 0 Å². The highest BCUT2D eigenvalue weighted by molar-refractivity contribution is 7.25. The first kappa shape index (κ1) is 35.0. The van der Waals surface area contributed by atoms with E-state index < -0.39 is 0 Å². The Labute approximate surface area is 355 Å². The average Bonchev–Trinajstić information content (AvgIpc) is 3.83. The topological polar surface area (TPSA) is 3.24 Å². The van der Waals surface area contributed by atoms with Crippen LogP contribution in [0.15, 0.2) is 212 Å². The molecule has 284 valence electrons. The summed E-state index contributed by atoms with van der Waals surface area (Å²) in [6.07, 6.45) is 0. The molecule has 2 aliphatic rings. The summed E-state index contributed by atoms with van der Waals surface area (Å²) in [5.74, 6) is 0. The van der Waals surface area contributed by atoms with Crippen LogP contribution >= 0.6 is 11.3 Å². The molecular weight excluding hydrogens is 743 g/mol. The molecule has 0 atom stereocenters. The molecule has 0 N–H and O–H groups in total. The second kappa shape index (κ2) is 13.3. The molecule has 1 heterocycles. The van der Waals surface area contributed by atoms with Crippen LogP contribution in [0.5, 0.6) is 0 Å². The van der Waals surface area contributed by atoms with E-state index in [0.29, 0.717) is 0 Å². The van der Waals surface area contributed by atoms with Gasteiger partial charge < -0.3 is 4.90 Å². The third-order valence-electron chi connectivity index (χ3n) is 13.4. The first-order chi connectivity index (χ1) is 29.5. The van der Waals surface area contributed by atoms with Gasteiger partial charge in [-0.05, 0) is 115 Å². The SMILES string of the molecule is CC1(C)c2ccccc2C2(c3ccccc3-c3ccccc32)c2ccc(-c3ccc(N(c4ccc(-c5ccccc5)cc4)c4ccc5c(c4)sc4ccccc45)cc3)cc21. The van der Waals surface area contributed by atoms with Crippen LogP contribution < -0.4 is 4.90 Å². The van der Waals surface area contributed by atoms with E-state index >= 15 is 0 Å². The predicted molar refractivity (Wildman–Crippen MR) is 254 cm³/mol. The lowest BCUT2D eigenvalue weighted by Crippen LogP contribution is -2.40. The smallest absolute Gasteiger partial charge is 0.0719 e. The van der Waals surface area contributed by atoms with Gasteiger partial charge in [0.25, 0.3) is 0 Å². The van der Waals surface area contributed by atoms with Crippen LogP contribution in [-0.4, -0.2) is 0 Å². The van der Waals surface area contributed by atoms with Gasteiger partial charge in [-0.1, -0.05) is 178 Å². The summed E-state index contributed by atoms with van der Waals surface area (Å²) < 4.78 is 2.61. The lowest BCUT2D eigenvalue weighted by molar-refractivity contribution is 0.563. The van der Waals surface area contributed by atoms with Crippen molar-refractivity contribution < 1.29 is 0 Å². The Balaban J connectivity index is 0.985. The number of benzene rings is 9. The van der Waals surface area contributed by atoms with Crippen molar-refractivity contribution in [3.8, 4) is 33.4 Å². The zero-order chi connectivity index (χ0) is 40.0. The highest BCUT2D eigenvalue weighted by atomic mass is 32.1. The maximum Gasteiger partial charge on any atom is 0.0719 e. The second-order valence-corrected chi connectivity index (χ2v) is 17.9. The molecule has 0 saturated carbocycles. The Bertz CT molecular complexity index is 3230. The summed E-state index contributed by atoms with van der Waals surface area (Å²) in [6.45, 7) is 4.82. The maximum absolute atomic E-state index is 2.49. The first-order valence-corrected chi connectivity index (χ1v) is 21.7. The molecule has 1 spiro atoms. The van der Waals surface area contributed by atoms with Crippen molar-refractivity contribution >= 4 is 48.6 Å². The van der Waals surface area contributed by atoms with Gasteiger partial charge in [-0.2, -0.15) is 0 Å². The van der Waals surface area contributed by atoms with Gasteiger partial charge in [0.15, 0.2) is 0 Å². The molecule has 0 bridgehead atoms. The molecule has 2 heteroatoms. The summed E-state index contributed by atoms with van der Waals surface area (Å²) in [7, 11) is 0. The number of nitrogens with zero attached hydrogens (tertiary/aromatic N) is 1. The number of fused-ring (bicyclic) bond motifs is 12. The predicted octanol–water partition coefficient (Wildman–Crippen LogP) is 15.9. The highest BCUT2D eigenvalue weighted by Crippen LogP contribution is 2.62. The molecule has 1 aromatic heterocycles. The minimum atomic E-state index is -0.386. The Morgan fingerprint density at radius 3 is 1.50 bits per heavy atom. The van der Waals surface area contributed by atoms with Gasteiger partial charge in [0.2, 0.25) is 0 Å². The average molecular weight is 784 g/mol. The van der Waals surface area contributed by atoms with Crippen LogP contribution in [0.2, 0.25) is 0 Å². The molecular formula is C58H41NS. The zero-order valence-corrected chi connectivity index (χ0v) is 34.4. The molecule has 0 aliphatic heterocycles. The standard InChI is InChI=1S/C58H41NS/c1-57(2)51-21-11-12-22-52(51)58(49-19-9-6-16-45(49)46-17-7-10-20-50(46)58)53-35-28-41(36-54(53)57)40-26-31-43(32-27-40)59(42-29-24-39(25-30-42)38-14-4-3-5-15-38)44-33-34-48-47-18-8-13-23-55(47)60-56(48)37-44/h3-37H,1-2H3. The Morgan fingerprint density at radius 2 is 0.817 bits per heavy atom. The second-order valence-electron chi connectivity index (χ2n) is 16.8. The summed E-state index contributed by atoms with van der Waals surface area (Å²) in [5.41, 5.74) is 18.6.